The number of benzene rings is 1. The van der Waals surface area contributed by atoms with Crippen molar-refractivity contribution in [1.82, 2.24) is 9.88 Å². The Morgan fingerprint density at radius 2 is 2.16 bits per heavy atom. The van der Waals surface area contributed by atoms with Gasteiger partial charge in [0.15, 0.2) is 10.2 Å². The van der Waals surface area contributed by atoms with Crippen molar-refractivity contribution < 1.29 is 0 Å². The zero-order valence-electron chi connectivity index (χ0n) is 10.3. The van der Waals surface area contributed by atoms with Gasteiger partial charge in [-0.05, 0) is 24.4 Å². The van der Waals surface area contributed by atoms with E-state index >= 15 is 0 Å². The third-order valence-electron chi connectivity index (χ3n) is 3.06. The molecule has 0 fully saturated rings. The van der Waals surface area contributed by atoms with Gasteiger partial charge in [0.2, 0.25) is 0 Å². The fraction of sp³-hybridized carbons (Fsp3) is 0.231. The molecule has 3 N–H and O–H groups in total. The van der Waals surface area contributed by atoms with Crippen LogP contribution in [0, 0.1) is 0 Å². The first-order chi connectivity index (χ1) is 9.22. The van der Waals surface area contributed by atoms with E-state index in [2.05, 4.69) is 15.2 Å². The first kappa shape index (κ1) is 12.4. The molecular formula is C13H14N4S2. The van der Waals surface area contributed by atoms with Gasteiger partial charge in [0.1, 0.15) is 0 Å². The van der Waals surface area contributed by atoms with Crippen LogP contribution in [0.2, 0.25) is 0 Å². The summed E-state index contributed by atoms with van der Waals surface area (Å²) in [4.78, 5) is 7.71. The summed E-state index contributed by atoms with van der Waals surface area (Å²) < 4.78 is 0. The van der Waals surface area contributed by atoms with Crippen LogP contribution in [-0.4, -0.2) is 21.5 Å². The minimum absolute atomic E-state index is 0.647. The first-order valence-corrected chi connectivity index (χ1v) is 7.30. The van der Waals surface area contributed by atoms with E-state index in [9.17, 15) is 0 Å². The van der Waals surface area contributed by atoms with Crippen molar-refractivity contribution in [3.05, 3.63) is 40.9 Å². The third-order valence-corrected chi connectivity index (χ3v) is 4.33. The molecule has 0 saturated heterocycles. The fourth-order valence-corrected chi connectivity index (χ4v) is 3.28. The van der Waals surface area contributed by atoms with Crippen LogP contribution in [-0.2, 0) is 13.0 Å². The summed E-state index contributed by atoms with van der Waals surface area (Å²) in [5, 5.41) is 4.66. The Bertz CT molecular complexity index is 594. The lowest BCUT2D eigenvalue weighted by molar-refractivity contribution is 0.401. The van der Waals surface area contributed by atoms with Gasteiger partial charge in [0, 0.05) is 23.5 Å². The molecule has 1 aliphatic rings. The number of para-hydroxylation sites is 1. The highest BCUT2D eigenvalue weighted by atomic mass is 32.1. The summed E-state index contributed by atoms with van der Waals surface area (Å²) in [5.74, 6) is 0. The van der Waals surface area contributed by atoms with Crippen LogP contribution < -0.4 is 11.1 Å². The molecular weight excluding hydrogens is 276 g/mol. The van der Waals surface area contributed by atoms with Crippen molar-refractivity contribution in [3.8, 4) is 0 Å². The van der Waals surface area contributed by atoms with Crippen LogP contribution in [0.15, 0.2) is 30.3 Å². The molecule has 19 heavy (non-hydrogen) atoms. The van der Waals surface area contributed by atoms with Crippen molar-refractivity contribution in [2.75, 3.05) is 17.6 Å². The van der Waals surface area contributed by atoms with Gasteiger partial charge in [-0.1, -0.05) is 18.2 Å². The highest BCUT2D eigenvalue weighted by molar-refractivity contribution is 7.80. The molecule has 2 heterocycles. The minimum atomic E-state index is 0.647. The van der Waals surface area contributed by atoms with Crippen LogP contribution in [0.1, 0.15) is 10.6 Å². The van der Waals surface area contributed by atoms with Crippen LogP contribution in [0.25, 0.3) is 0 Å². The monoisotopic (exact) mass is 290 g/mol. The molecule has 4 nitrogen and oxygen atoms in total. The van der Waals surface area contributed by atoms with Gasteiger partial charge in [0.25, 0.3) is 0 Å². The van der Waals surface area contributed by atoms with E-state index in [-0.39, 0.29) is 0 Å². The number of nitrogens with zero attached hydrogens (tertiary/aromatic N) is 2. The second-order valence-corrected chi connectivity index (χ2v) is 5.89. The molecule has 6 heteroatoms. The Hall–Kier alpha value is -1.66. The van der Waals surface area contributed by atoms with E-state index in [1.54, 1.807) is 11.3 Å². The van der Waals surface area contributed by atoms with Crippen molar-refractivity contribution in [2.45, 2.75) is 13.0 Å². The Kier molecular flexibility index (Phi) is 3.35. The summed E-state index contributed by atoms with van der Waals surface area (Å²) in [5.41, 5.74) is 7.89. The zero-order valence-corrected chi connectivity index (χ0v) is 11.9. The van der Waals surface area contributed by atoms with E-state index in [0.29, 0.717) is 5.13 Å². The molecule has 0 amide bonds. The van der Waals surface area contributed by atoms with Gasteiger partial charge in [-0.25, -0.2) is 4.98 Å². The largest absolute Gasteiger partial charge is 0.375 e. The van der Waals surface area contributed by atoms with E-state index in [0.717, 1.165) is 36.0 Å². The van der Waals surface area contributed by atoms with Crippen molar-refractivity contribution >= 4 is 39.5 Å². The highest BCUT2D eigenvalue weighted by Gasteiger charge is 2.21. The van der Waals surface area contributed by atoms with Crippen molar-refractivity contribution in [1.29, 1.82) is 0 Å². The maximum Gasteiger partial charge on any atom is 0.180 e. The number of rotatable bonds is 1. The fourth-order valence-electron chi connectivity index (χ4n) is 2.11. The van der Waals surface area contributed by atoms with Crippen LogP contribution in [0.4, 0.5) is 10.8 Å². The van der Waals surface area contributed by atoms with Gasteiger partial charge in [-0.3, -0.25) is 0 Å². The second-order valence-electron chi connectivity index (χ2n) is 4.39. The minimum Gasteiger partial charge on any atom is -0.375 e. The quantitative estimate of drug-likeness (QED) is 0.790. The number of nitrogens with one attached hydrogen (secondary N) is 1. The lowest BCUT2D eigenvalue weighted by Gasteiger charge is -2.28. The smallest absolute Gasteiger partial charge is 0.180 e. The Labute approximate surface area is 121 Å². The van der Waals surface area contributed by atoms with Crippen LogP contribution in [0.3, 0.4) is 0 Å². The lowest BCUT2D eigenvalue weighted by atomic mass is 10.2. The SMILES string of the molecule is Nc1nc2c(s1)CN(C(=S)Nc1ccccc1)CC2. The van der Waals surface area contributed by atoms with Crippen molar-refractivity contribution in [3.63, 3.8) is 0 Å². The van der Waals surface area contributed by atoms with Crippen LogP contribution >= 0.6 is 23.6 Å². The van der Waals surface area contributed by atoms with Crippen molar-refractivity contribution in [2.24, 2.45) is 0 Å². The molecule has 1 aromatic heterocycles. The molecule has 2 aromatic rings. The molecule has 0 spiro atoms. The van der Waals surface area contributed by atoms with Gasteiger partial charge in [-0.15, -0.1) is 11.3 Å². The maximum atomic E-state index is 5.74. The number of fused-ring (bicyclic) bond motifs is 1. The van der Waals surface area contributed by atoms with Crippen LogP contribution in [0.5, 0.6) is 0 Å². The molecule has 0 atom stereocenters. The molecule has 3 rings (SSSR count). The molecule has 1 aliphatic heterocycles. The molecule has 0 aliphatic carbocycles. The van der Waals surface area contributed by atoms with E-state index in [1.165, 1.54) is 4.88 Å². The number of hydrogen-bond donors (Lipinski definition) is 2. The van der Waals surface area contributed by atoms with E-state index < -0.39 is 0 Å². The summed E-state index contributed by atoms with van der Waals surface area (Å²) in [7, 11) is 0. The lowest BCUT2D eigenvalue weighted by Crippen LogP contribution is -2.38. The topological polar surface area (TPSA) is 54.2 Å². The Morgan fingerprint density at radius 1 is 1.37 bits per heavy atom. The average Bonchev–Trinajstić information content (AvgIpc) is 2.78. The van der Waals surface area contributed by atoms with Gasteiger partial charge in [0.05, 0.1) is 12.2 Å². The molecule has 0 saturated carbocycles. The maximum absolute atomic E-state index is 5.74. The summed E-state index contributed by atoms with van der Waals surface area (Å²) in [6.07, 6.45) is 0.902. The Balaban J connectivity index is 1.69. The zero-order chi connectivity index (χ0) is 13.2. The van der Waals surface area contributed by atoms with Gasteiger partial charge >= 0.3 is 0 Å². The number of nitrogen functional groups attached to an aromatic ring is 1. The summed E-state index contributed by atoms with van der Waals surface area (Å²) in [6.45, 7) is 1.68. The van der Waals surface area contributed by atoms with E-state index in [4.69, 9.17) is 18.0 Å². The van der Waals surface area contributed by atoms with Gasteiger partial charge in [-0.2, -0.15) is 0 Å². The normalized spacial score (nSPS) is 14.0. The number of thiocarbonyl (C=S) groups is 1. The highest BCUT2D eigenvalue weighted by Crippen LogP contribution is 2.26. The number of anilines is 2. The predicted octanol–water partition coefficient (Wildman–Crippen LogP) is 2.48. The van der Waals surface area contributed by atoms with E-state index in [1.807, 2.05) is 30.3 Å². The third kappa shape index (κ3) is 2.69. The predicted molar refractivity (Wildman–Crippen MR) is 83.3 cm³/mol. The summed E-state index contributed by atoms with van der Waals surface area (Å²) in [6, 6.07) is 9.98. The molecule has 98 valence electrons. The first-order valence-electron chi connectivity index (χ1n) is 6.07. The number of aromatic nitrogens is 1. The number of thiazole rings is 1. The van der Waals surface area contributed by atoms with Gasteiger partial charge < -0.3 is 16.0 Å². The second kappa shape index (κ2) is 5.14. The summed E-state index contributed by atoms with van der Waals surface area (Å²) >= 11 is 7.01. The molecule has 0 bridgehead atoms. The Morgan fingerprint density at radius 3 is 2.95 bits per heavy atom. The number of hydrogen-bond acceptors (Lipinski definition) is 4. The molecule has 1 aromatic carbocycles. The number of nitrogens with two attached hydrogens (primary N) is 1. The molecule has 0 unspecified atom stereocenters. The average molecular weight is 290 g/mol. The molecule has 0 radical (unpaired) electrons. The standard InChI is InChI=1S/C13H14N4S2/c14-12-16-10-6-7-17(8-11(10)19-12)13(18)15-9-4-2-1-3-5-9/h1-5H,6-8H2,(H2,14,16)(H,15,18).